The smallest absolute Gasteiger partial charge is 0.251 e. The SMILES string of the molecule is Cc1ccc(SCc2ccc(C(=O)NCCN3CCOCC3)cc2)cc1. The van der Waals surface area contributed by atoms with Gasteiger partial charge in [0, 0.05) is 42.4 Å². The summed E-state index contributed by atoms with van der Waals surface area (Å²) in [4.78, 5) is 15.8. The molecular formula is C21H26N2O2S. The minimum atomic E-state index is -0.00371. The van der Waals surface area contributed by atoms with Crippen LogP contribution in [0.2, 0.25) is 0 Å². The van der Waals surface area contributed by atoms with Crippen LogP contribution in [0.25, 0.3) is 0 Å². The first-order chi connectivity index (χ1) is 12.7. The highest BCUT2D eigenvalue weighted by Crippen LogP contribution is 2.23. The van der Waals surface area contributed by atoms with Gasteiger partial charge in [0.05, 0.1) is 13.2 Å². The number of nitrogens with one attached hydrogen (secondary N) is 1. The number of rotatable bonds is 7. The zero-order valence-corrected chi connectivity index (χ0v) is 16.1. The van der Waals surface area contributed by atoms with Crippen molar-refractivity contribution in [3.8, 4) is 0 Å². The maximum atomic E-state index is 12.2. The Hall–Kier alpha value is -1.82. The third kappa shape index (κ3) is 5.87. The summed E-state index contributed by atoms with van der Waals surface area (Å²) in [5, 5.41) is 3.00. The second-order valence-corrected chi connectivity index (χ2v) is 7.56. The molecule has 2 aromatic carbocycles. The van der Waals surface area contributed by atoms with E-state index in [1.165, 1.54) is 16.0 Å². The maximum absolute atomic E-state index is 12.2. The largest absolute Gasteiger partial charge is 0.379 e. The molecule has 0 spiro atoms. The van der Waals surface area contributed by atoms with Crippen LogP contribution in [0.3, 0.4) is 0 Å². The normalized spacial score (nSPS) is 15.0. The molecule has 0 aliphatic carbocycles. The first-order valence-corrected chi connectivity index (χ1v) is 10.1. The van der Waals surface area contributed by atoms with E-state index in [1.54, 1.807) is 0 Å². The Labute approximate surface area is 159 Å². The monoisotopic (exact) mass is 370 g/mol. The zero-order chi connectivity index (χ0) is 18.2. The van der Waals surface area contributed by atoms with Crippen LogP contribution >= 0.6 is 11.8 Å². The molecule has 1 aliphatic rings. The van der Waals surface area contributed by atoms with Crippen molar-refractivity contribution in [3.63, 3.8) is 0 Å². The Kier molecular flexibility index (Phi) is 7.12. The standard InChI is InChI=1S/C21H26N2O2S/c1-17-2-8-20(9-3-17)26-16-18-4-6-19(7-5-18)21(24)22-10-11-23-12-14-25-15-13-23/h2-9H,10-16H2,1H3,(H,22,24). The molecule has 1 fully saturated rings. The number of hydrogen-bond donors (Lipinski definition) is 1. The van der Waals surface area contributed by atoms with Crippen LogP contribution in [-0.2, 0) is 10.5 Å². The molecule has 1 heterocycles. The molecule has 138 valence electrons. The van der Waals surface area contributed by atoms with E-state index in [4.69, 9.17) is 4.74 Å². The molecule has 1 N–H and O–H groups in total. The average molecular weight is 371 g/mol. The second-order valence-electron chi connectivity index (χ2n) is 6.51. The summed E-state index contributed by atoms with van der Waals surface area (Å²) < 4.78 is 5.33. The number of morpholine rings is 1. The summed E-state index contributed by atoms with van der Waals surface area (Å²) in [6.45, 7) is 7.11. The number of amides is 1. The van der Waals surface area contributed by atoms with Gasteiger partial charge in [0.15, 0.2) is 0 Å². The van der Waals surface area contributed by atoms with Gasteiger partial charge >= 0.3 is 0 Å². The Bertz CT molecular complexity index is 695. The zero-order valence-electron chi connectivity index (χ0n) is 15.2. The van der Waals surface area contributed by atoms with Crippen LogP contribution in [0, 0.1) is 6.92 Å². The maximum Gasteiger partial charge on any atom is 0.251 e. The molecule has 1 saturated heterocycles. The van der Waals surface area contributed by atoms with E-state index in [0.717, 1.165) is 44.2 Å². The van der Waals surface area contributed by atoms with Crippen LogP contribution in [0.1, 0.15) is 21.5 Å². The van der Waals surface area contributed by atoms with Crippen molar-refractivity contribution in [2.75, 3.05) is 39.4 Å². The van der Waals surface area contributed by atoms with Gasteiger partial charge in [-0.3, -0.25) is 9.69 Å². The van der Waals surface area contributed by atoms with Gasteiger partial charge in [0.2, 0.25) is 0 Å². The summed E-state index contributed by atoms with van der Waals surface area (Å²) in [7, 11) is 0. The van der Waals surface area contributed by atoms with Crippen molar-refractivity contribution >= 4 is 17.7 Å². The molecule has 0 aromatic heterocycles. The first-order valence-electron chi connectivity index (χ1n) is 9.07. The van der Waals surface area contributed by atoms with E-state index in [2.05, 4.69) is 41.4 Å². The number of ether oxygens (including phenoxy) is 1. The van der Waals surface area contributed by atoms with Crippen molar-refractivity contribution in [1.82, 2.24) is 10.2 Å². The van der Waals surface area contributed by atoms with Crippen LogP contribution < -0.4 is 5.32 Å². The fourth-order valence-electron chi connectivity index (χ4n) is 2.81. The van der Waals surface area contributed by atoms with Gasteiger partial charge in [-0.15, -0.1) is 11.8 Å². The molecule has 1 amide bonds. The van der Waals surface area contributed by atoms with E-state index in [1.807, 2.05) is 36.0 Å². The van der Waals surface area contributed by atoms with E-state index < -0.39 is 0 Å². The van der Waals surface area contributed by atoms with Crippen LogP contribution in [0.4, 0.5) is 0 Å². The van der Waals surface area contributed by atoms with Gasteiger partial charge in [0.1, 0.15) is 0 Å². The van der Waals surface area contributed by atoms with Crippen molar-refractivity contribution in [2.24, 2.45) is 0 Å². The van der Waals surface area contributed by atoms with Gasteiger partial charge in [0.25, 0.3) is 5.91 Å². The minimum absolute atomic E-state index is 0.00371. The Balaban J connectivity index is 1.42. The summed E-state index contributed by atoms with van der Waals surface area (Å²) in [5.41, 5.74) is 3.22. The third-order valence-electron chi connectivity index (χ3n) is 4.46. The molecule has 2 aromatic rings. The summed E-state index contributed by atoms with van der Waals surface area (Å²) in [5.74, 6) is 0.901. The van der Waals surface area contributed by atoms with E-state index in [9.17, 15) is 4.79 Å². The number of hydrogen-bond acceptors (Lipinski definition) is 4. The van der Waals surface area contributed by atoms with Gasteiger partial charge in [-0.05, 0) is 36.8 Å². The van der Waals surface area contributed by atoms with Gasteiger partial charge in [-0.2, -0.15) is 0 Å². The fourth-order valence-corrected chi connectivity index (χ4v) is 3.66. The highest BCUT2D eigenvalue weighted by Gasteiger charge is 2.11. The molecule has 3 rings (SSSR count). The van der Waals surface area contributed by atoms with E-state index >= 15 is 0 Å². The predicted molar refractivity (Wildman–Crippen MR) is 107 cm³/mol. The number of thioether (sulfide) groups is 1. The molecule has 5 heteroatoms. The summed E-state index contributed by atoms with van der Waals surface area (Å²) in [6.07, 6.45) is 0. The minimum Gasteiger partial charge on any atom is -0.379 e. The topological polar surface area (TPSA) is 41.6 Å². The van der Waals surface area contributed by atoms with Gasteiger partial charge < -0.3 is 10.1 Å². The number of carbonyl (C=O) groups excluding carboxylic acids is 1. The summed E-state index contributed by atoms with van der Waals surface area (Å²) >= 11 is 1.81. The molecule has 4 nitrogen and oxygen atoms in total. The highest BCUT2D eigenvalue weighted by molar-refractivity contribution is 7.98. The highest BCUT2D eigenvalue weighted by atomic mass is 32.2. The van der Waals surface area contributed by atoms with Gasteiger partial charge in [-0.25, -0.2) is 0 Å². The van der Waals surface area contributed by atoms with Crippen molar-refractivity contribution in [2.45, 2.75) is 17.6 Å². The second kappa shape index (κ2) is 9.76. The Morgan fingerprint density at radius 1 is 1.08 bits per heavy atom. The Morgan fingerprint density at radius 3 is 2.46 bits per heavy atom. The lowest BCUT2D eigenvalue weighted by Crippen LogP contribution is -2.41. The van der Waals surface area contributed by atoms with Crippen LogP contribution in [0.5, 0.6) is 0 Å². The average Bonchev–Trinajstić information content (AvgIpc) is 2.69. The van der Waals surface area contributed by atoms with Crippen LogP contribution in [0.15, 0.2) is 53.4 Å². The molecule has 26 heavy (non-hydrogen) atoms. The number of carbonyl (C=O) groups is 1. The van der Waals surface area contributed by atoms with Crippen molar-refractivity contribution in [3.05, 3.63) is 65.2 Å². The van der Waals surface area contributed by atoms with E-state index in [0.29, 0.717) is 6.54 Å². The first kappa shape index (κ1) is 19.0. The lowest BCUT2D eigenvalue weighted by molar-refractivity contribution is 0.0383. The summed E-state index contributed by atoms with van der Waals surface area (Å²) in [6, 6.07) is 16.5. The lowest BCUT2D eigenvalue weighted by Gasteiger charge is -2.26. The Morgan fingerprint density at radius 2 is 1.77 bits per heavy atom. The number of benzene rings is 2. The fraction of sp³-hybridized carbons (Fsp3) is 0.381. The molecule has 0 bridgehead atoms. The van der Waals surface area contributed by atoms with Crippen LogP contribution in [-0.4, -0.2) is 50.2 Å². The molecular weight excluding hydrogens is 344 g/mol. The molecule has 0 saturated carbocycles. The van der Waals surface area contributed by atoms with E-state index in [-0.39, 0.29) is 5.91 Å². The number of aryl methyl sites for hydroxylation is 1. The van der Waals surface area contributed by atoms with Crippen molar-refractivity contribution in [1.29, 1.82) is 0 Å². The third-order valence-corrected chi connectivity index (χ3v) is 5.54. The molecule has 0 atom stereocenters. The van der Waals surface area contributed by atoms with Crippen molar-refractivity contribution < 1.29 is 9.53 Å². The van der Waals surface area contributed by atoms with Gasteiger partial charge in [-0.1, -0.05) is 29.8 Å². The molecule has 0 radical (unpaired) electrons. The predicted octanol–water partition coefficient (Wildman–Crippen LogP) is 3.35. The molecule has 1 aliphatic heterocycles. The molecule has 0 unspecified atom stereocenters. The quantitative estimate of drug-likeness (QED) is 0.759. The number of nitrogens with zero attached hydrogens (tertiary/aromatic N) is 1. The lowest BCUT2D eigenvalue weighted by atomic mass is 10.1.